The summed E-state index contributed by atoms with van der Waals surface area (Å²) in [7, 11) is 1.66. The SMILES string of the molecule is COc1ccc(CC(C)CNO)cc1. The second kappa shape index (κ2) is 5.62. The first-order valence-corrected chi connectivity index (χ1v) is 4.76. The van der Waals surface area contributed by atoms with Gasteiger partial charge < -0.3 is 9.94 Å². The summed E-state index contributed by atoms with van der Waals surface area (Å²) < 4.78 is 5.07. The van der Waals surface area contributed by atoms with Crippen molar-refractivity contribution < 1.29 is 9.94 Å². The highest BCUT2D eigenvalue weighted by Crippen LogP contribution is 2.14. The highest BCUT2D eigenvalue weighted by Gasteiger charge is 2.02. The molecule has 0 saturated carbocycles. The number of rotatable bonds is 5. The number of nitrogens with one attached hydrogen (secondary N) is 1. The van der Waals surface area contributed by atoms with E-state index in [0.29, 0.717) is 12.5 Å². The van der Waals surface area contributed by atoms with E-state index in [4.69, 9.17) is 9.94 Å². The van der Waals surface area contributed by atoms with Gasteiger partial charge >= 0.3 is 0 Å². The molecular weight excluding hydrogens is 178 g/mol. The van der Waals surface area contributed by atoms with Crippen LogP contribution in [0.15, 0.2) is 24.3 Å². The van der Waals surface area contributed by atoms with Crippen molar-refractivity contribution in [2.75, 3.05) is 13.7 Å². The molecule has 1 rings (SSSR count). The average Bonchev–Trinajstić information content (AvgIpc) is 2.19. The minimum absolute atomic E-state index is 0.424. The minimum atomic E-state index is 0.424. The van der Waals surface area contributed by atoms with E-state index in [1.165, 1.54) is 5.56 Å². The van der Waals surface area contributed by atoms with Gasteiger partial charge in [-0.25, -0.2) is 5.48 Å². The molecule has 1 unspecified atom stereocenters. The maximum absolute atomic E-state index is 8.53. The Labute approximate surface area is 84.7 Å². The topological polar surface area (TPSA) is 41.5 Å². The zero-order valence-electron chi connectivity index (χ0n) is 8.66. The third-order valence-electron chi connectivity index (χ3n) is 2.18. The van der Waals surface area contributed by atoms with Crippen molar-refractivity contribution in [1.29, 1.82) is 0 Å². The lowest BCUT2D eigenvalue weighted by molar-refractivity contribution is 0.151. The van der Waals surface area contributed by atoms with Crippen LogP contribution in [0.3, 0.4) is 0 Å². The molecule has 0 bridgehead atoms. The third kappa shape index (κ3) is 3.36. The summed E-state index contributed by atoms with van der Waals surface area (Å²) in [5.74, 6) is 1.30. The molecule has 0 saturated heterocycles. The van der Waals surface area contributed by atoms with E-state index >= 15 is 0 Å². The minimum Gasteiger partial charge on any atom is -0.497 e. The second-order valence-corrected chi connectivity index (χ2v) is 3.52. The molecule has 78 valence electrons. The molecule has 0 heterocycles. The number of benzene rings is 1. The van der Waals surface area contributed by atoms with Gasteiger partial charge in [0, 0.05) is 6.54 Å². The molecule has 0 spiro atoms. The first kappa shape index (κ1) is 11.0. The Bertz CT molecular complexity index is 258. The molecule has 0 aliphatic rings. The van der Waals surface area contributed by atoms with Crippen LogP contribution in [0.2, 0.25) is 0 Å². The lowest BCUT2D eigenvalue weighted by atomic mass is 10.0. The van der Waals surface area contributed by atoms with Gasteiger partial charge in [-0.3, -0.25) is 0 Å². The van der Waals surface area contributed by atoms with Crippen molar-refractivity contribution in [3.05, 3.63) is 29.8 Å². The van der Waals surface area contributed by atoms with E-state index in [9.17, 15) is 0 Å². The summed E-state index contributed by atoms with van der Waals surface area (Å²) in [6, 6.07) is 8.00. The van der Waals surface area contributed by atoms with Gasteiger partial charge in [0.05, 0.1) is 7.11 Å². The Morgan fingerprint density at radius 1 is 1.36 bits per heavy atom. The van der Waals surface area contributed by atoms with Gasteiger partial charge in [0.1, 0.15) is 5.75 Å². The normalized spacial score (nSPS) is 12.5. The lowest BCUT2D eigenvalue weighted by Gasteiger charge is -2.10. The number of hydroxylamine groups is 1. The molecule has 2 N–H and O–H groups in total. The van der Waals surface area contributed by atoms with E-state index in [1.54, 1.807) is 7.11 Å². The third-order valence-corrected chi connectivity index (χ3v) is 2.18. The summed E-state index contributed by atoms with van der Waals surface area (Å²) in [4.78, 5) is 0. The van der Waals surface area contributed by atoms with Crippen LogP contribution in [0.25, 0.3) is 0 Å². The van der Waals surface area contributed by atoms with Crippen LogP contribution in [0, 0.1) is 5.92 Å². The van der Waals surface area contributed by atoms with Gasteiger partial charge in [-0.1, -0.05) is 19.1 Å². The molecule has 3 nitrogen and oxygen atoms in total. The quantitative estimate of drug-likeness (QED) is 0.704. The van der Waals surface area contributed by atoms with E-state index < -0.39 is 0 Å². The fourth-order valence-electron chi connectivity index (χ4n) is 1.39. The Morgan fingerprint density at radius 2 is 2.00 bits per heavy atom. The molecule has 0 fully saturated rings. The van der Waals surface area contributed by atoms with E-state index in [2.05, 4.69) is 12.4 Å². The molecule has 1 aromatic rings. The fraction of sp³-hybridized carbons (Fsp3) is 0.455. The Hall–Kier alpha value is -1.06. The largest absolute Gasteiger partial charge is 0.497 e. The van der Waals surface area contributed by atoms with Crippen molar-refractivity contribution in [3.63, 3.8) is 0 Å². The molecule has 0 amide bonds. The van der Waals surface area contributed by atoms with Gasteiger partial charge in [-0.05, 0) is 30.0 Å². The van der Waals surface area contributed by atoms with Crippen LogP contribution in [0.5, 0.6) is 5.75 Å². The molecule has 3 heteroatoms. The molecule has 0 aliphatic carbocycles. The maximum atomic E-state index is 8.53. The monoisotopic (exact) mass is 195 g/mol. The molecule has 1 atom stereocenters. The first-order chi connectivity index (χ1) is 6.76. The van der Waals surface area contributed by atoms with Crippen molar-refractivity contribution >= 4 is 0 Å². The van der Waals surface area contributed by atoms with E-state index in [1.807, 2.05) is 24.3 Å². The number of hydrogen-bond acceptors (Lipinski definition) is 3. The first-order valence-electron chi connectivity index (χ1n) is 4.76. The zero-order valence-corrected chi connectivity index (χ0v) is 8.66. The van der Waals surface area contributed by atoms with Crippen LogP contribution < -0.4 is 10.2 Å². The summed E-state index contributed by atoms with van der Waals surface area (Å²) in [6.07, 6.45) is 0.956. The summed E-state index contributed by atoms with van der Waals surface area (Å²) in [5.41, 5.74) is 3.44. The van der Waals surface area contributed by atoms with Crippen molar-refractivity contribution in [3.8, 4) is 5.75 Å². The van der Waals surface area contributed by atoms with Crippen molar-refractivity contribution in [2.24, 2.45) is 5.92 Å². The molecule has 14 heavy (non-hydrogen) atoms. The Morgan fingerprint density at radius 3 is 2.50 bits per heavy atom. The van der Waals surface area contributed by atoms with Crippen LogP contribution >= 0.6 is 0 Å². The van der Waals surface area contributed by atoms with Gasteiger partial charge in [-0.2, -0.15) is 0 Å². The predicted molar refractivity (Wildman–Crippen MR) is 55.7 cm³/mol. The maximum Gasteiger partial charge on any atom is 0.118 e. The predicted octanol–water partition coefficient (Wildman–Crippen LogP) is 1.85. The Balaban J connectivity index is 2.50. The van der Waals surface area contributed by atoms with Crippen LogP contribution in [-0.4, -0.2) is 18.9 Å². The molecule has 1 aromatic carbocycles. The lowest BCUT2D eigenvalue weighted by Crippen LogP contribution is -2.18. The van der Waals surface area contributed by atoms with Crippen LogP contribution in [0.1, 0.15) is 12.5 Å². The van der Waals surface area contributed by atoms with Crippen LogP contribution in [0.4, 0.5) is 0 Å². The number of methoxy groups -OCH3 is 1. The summed E-state index contributed by atoms with van der Waals surface area (Å²) >= 11 is 0. The standard InChI is InChI=1S/C11H17NO2/c1-9(8-12-13)7-10-3-5-11(14-2)6-4-10/h3-6,9,12-13H,7-8H2,1-2H3. The number of ether oxygens (including phenoxy) is 1. The molecule has 0 aliphatic heterocycles. The molecular formula is C11H17NO2. The zero-order chi connectivity index (χ0) is 10.4. The summed E-state index contributed by atoms with van der Waals surface area (Å²) in [6.45, 7) is 2.71. The van der Waals surface area contributed by atoms with E-state index in [0.717, 1.165) is 12.2 Å². The molecule has 0 radical (unpaired) electrons. The van der Waals surface area contributed by atoms with Gasteiger partial charge in [-0.15, -0.1) is 0 Å². The Kier molecular flexibility index (Phi) is 4.43. The summed E-state index contributed by atoms with van der Waals surface area (Å²) in [5, 5.41) is 8.53. The van der Waals surface area contributed by atoms with E-state index in [-0.39, 0.29) is 0 Å². The van der Waals surface area contributed by atoms with Crippen LogP contribution in [-0.2, 0) is 6.42 Å². The van der Waals surface area contributed by atoms with Crippen molar-refractivity contribution in [2.45, 2.75) is 13.3 Å². The molecule has 0 aromatic heterocycles. The van der Waals surface area contributed by atoms with Gasteiger partial charge in [0.2, 0.25) is 0 Å². The van der Waals surface area contributed by atoms with Gasteiger partial charge in [0.25, 0.3) is 0 Å². The second-order valence-electron chi connectivity index (χ2n) is 3.52. The highest BCUT2D eigenvalue weighted by atomic mass is 16.5. The fourth-order valence-corrected chi connectivity index (χ4v) is 1.39. The van der Waals surface area contributed by atoms with Crippen molar-refractivity contribution in [1.82, 2.24) is 5.48 Å². The number of hydrogen-bond donors (Lipinski definition) is 2. The smallest absolute Gasteiger partial charge is 0.118 e. The van der Waals surface area contributed by atoms with Gasteiger partial charge in [0.15, 0.2) is 0 Å². The highest BCUT2D eigenvalue weighted by molar-refractivity contribution is 5.27. The average molecular weight is 195 g/mol.